The predicted molar refractivity (Wildman–Crippen MR) is 76.8 cm³/mol. The topological polar surface area (TPSA) is 64.1 Å². The molecule has 0 radical (unpaired) electrons. The number of carbonyl (C=O) groups is 1. The minimum absolute atomic E-state index is 0.165. The van der Waals surface area contributed by atoms with E-state index in [1.807, 2.05) is 6.92 Å². The summed E-state index contributed by atoms with van der Waals surface area (Å²) in [5.41, 5.74) is 0. The van der Waals surface area contributed by atoms with E-state index < -0.39 is 0 Å². The molecule has 0 aliphatic carbocycles. The van der Waals surface area contributed by atoms with Gasteiger partial charge in [-0.15, -0.1) is 10.2 Å². The Morgan fingerprint density at radius 1 is 1.40 bits per heavy atom. The van der Waals surface area contributed by atoms with Crippen LogP contribution in [-0.4, -0.2) is 28.5 Å². The number of rotatable bonds is 6. The summed E-state index contributed by atoms with van der Waals surface area (Å²) in [5, 5.41) is 10.8. The van der Waals surface area contributed by atoms with E-state index in [1.54, 1.807) is 11.8 Å². The molecule has 0 saturated heterocycles. The van der Waals surface area contributed by atoms with E-state index in [-0.39, 0.29) is 18.3 Å². The average Bonchev–Trinajstić information content (AvgIpc) is 2.86. The molecule has 0 unspecified atom stereocenters. The van der Waals surface area contributed by atoms with Gasteiger partial charge >= 0.3 is 0 Å². The molecule has 1 aromatic heterocycles. The van der Waals surface area contributed by atoms with Crippen molar-refractivity contribution in [1.29, 1.82) is 0 Å². The molecule has 1 heterocycles. The Kier molecular flexibility index (Phi) is 5.31. The minimum atomic E-state index is -0.350. The van der Waals surface area contributed by atoms with Gasteiger partial charge in [-0.1, -0.05) is 30.0 Å². The summed E-state index contributed by atoms with van der Waals surface area (Å²) in [6, 6.07) is 5.46. The van der Waals surface area contributed by atoms with Crippen molar-refractivity contribution in [3.63, 3.8) is 0 Å². The molecule has 0 saturated carbocycles. The fraction of sp³-hybridized carbons (Fsp3) is 0.250. The summed E-state index contributed by atoms with van der Waals surface area (Å²) in [7, 11) is 0. The van der Waals surface area contributed by atoms with E-state index in [1.165, 1.54) is 35.6 Å². The van der Waals surface area contributed by atoms with Crippen LogP contribution >= 0.6 is 23.1 Å². The number of thioether (sulfide) groups is 1. The van der Waals surface area contributed by atoms with E-state index in [4.69, 9.17) is 4.74 Å². The molecule has 0 aliphatic rings. The molecule has 1 amide bonds. The van der Waals surface area contributed by atoms with Gasteiger partial charge in [0.1, 0.15) is 11.6 Å². The van der Waals surface area contributed by atoms with Crippen molar-refractivity contribution in [3.05, 3.63) is 30.1 Å². The summed E-state index contributed by atoms with van der Waals surface area (Å²) in [6.07, 6.45) is 0. The van der Waals surface area contributed by atoms with Gasteiger partial charge in [-0.05, 0) is 30.0 Å². The molecule has 0 fully saturated rings. The zero-order valence-corrected chi connectivity index (χ0v) is 12.3. The smallest absolute Gasteiger partial charge is 0.264 e. The van der Waals surface area contributed by atoms with E-state index in [9.17, 15) is 9.18 Å². The van der Waals surface area contributed by atoms with Crippen LogP contribution in [0.15, 0.2) is 28.6 Å². The Bertz CT molecular complexity index is 574. The van der Waals surface area contributed by atoms with Crippen molar-refractivity contribution in [2.45, 2.75) is 11.3 Å². The van der Waals surface area contributed by atoms with Crippen LogP contribution in [0.25, 0.3) is 0 Å². The second kappa shape index (κ2) is 7.20. The Morgan fingerprint density at radius 3 is 2.85 bits per heavy atom. The molecule has 0 bridgehead atoms. The molecule has 1 N–H and O–H groups in total. The van der Waals surface area contributed by atoms with Crippen molar-refractivity contribution in [2.24, 2.45) is 0 Å². The van der Waals surface area contributed by atoms with E-state index in [0.717, 1.165) is 10.1 Å². The summed E-state index contributed by atoms with van der Waals surface area (Å²) in [5.74, 6) is 0.646. The molecule has 106 valence electrons. The van der Waals surface area contributed by atoms with Crippen LogP contribution in [0.3, 0.4) is 0 Å². The molecule has 0 aliphatic heterocycles. The molecule has 0 atom stereocenters. The van der Waals surface area contributed by atoms with Gasteiger partial charge in [-0.25, -0.2) is 4.39 Å². The number of hydrogen-bond donors (Lipinski definition) is 1. The van der Waals surface area contributed by atoms with Crippen LogP contribution < -0.4 is 10.1 Å². The Hall–Kier alpha value is -1.67. The van der Waals surface area contributed by atoms with Crippen molar-refractivity contribution >= 4 is 34.1 Å². The molecule has 20 heavy (non-hydrogen) atoms. The van der Waals surface area contributed by atoms with Gasteiger partial charge < -0.3 is 4.74 Å². The molecule has 2 rings (SSSR count). The molecule has 2 aromatic rings. The highest BCUT2D eigenvalue weighted by molar-refractivity contribution is 8.01. The normalized spacial score (nSPS) is 10.3. The number of aromatic nitrogens is 2. The lowest BCUT2D eigenvalue weighted by atomic mass is 10.3. The minimum Gasteiger partial charge on any atom is -0.484 e. The second-order valence-corrected chi connectivity index (χ2v) is 6.09. The van der Waals surface area contributed by atoms with Gasteiger partial charge in [0.25, 0.3) is 5.91 Å². The van der Waals surface area contributed by atoms with Crippen LogP contribution in [0.1, 0.15) is 6.92 Å². The number of ether oxygens (including phenoxy) is 1. The van der Waals surface area contributed by atoms with Gasteiger partial charge in [0.05, 0.1) is 0 Å². The molecule has 1 aromatic carbocycles. The third-order valence-electron chi connectivity index (χ3n) is 2.10. The zero-order chi connectivity index (χ0) is 14.4. The molecule has 8 heteroatoms. The quantitative estimate of drug-likeness (QED) is 0.656. The summed E-state index contributed by atoms with van der Waals surface area (Å²) >= 11 is 2.87. The van der Waals surface area contributed by atoms with Gasteiger partial charge in [0, 0.05) is 0 Å². The number of amides is 1. The fourth-order valence-electron chi connectivity index (χ4n) is 1.28. The average molecular weight is 313 g/mol. The predicted octanol–water partition coefficient (Wildman–Crippen LogP) is 2.81. The van der Waals surface area contributed by atoms with Gasteiger partial charge in [-0.2, -0.15) is 0 Å². The Labute approximate surface area is 123 Å². The number of anilines is 1. The standard InChI is InChI=1S/C12H12FN3O2S2/c1-2-19-12-16-15-11(20-12)14-10(17)7-18-9-5-3-8(13)4-6-9/h3-6H,2,7H2,1H3,(H,14,15,17). The van der Waals surface area contributed by atoms with E-state index in [2.05, 4.69) is 15.5 Å². The lowest BCUT2D eigenvalue weighted by Crippen LogP contribution is -2.20. The highest BCUT2D eigenvalue weighted by Gasteiger charge is 2.08. The van der Waals surface area contributed by atoms with Crippen LogP contribution in [0.5, 0.6) is 5.75 Å². The SMILES string of the molecule is CCSc1nnc(NC(=O)COc2ccc(F)cc2)s1. The lowest BCUT2D eigenvalue weighted by Gasteiger charge is -2.05. The second-order valence-electron chi connectivity index (χ2n) is 3.60. The summed E-state index contributed by atoms with van der Waals surface area (Å²) in [4.78, 5) is 11.6. The first-order valence-corrected chi connectivity index (χ1v) is 7.62. The fourth-order valence-corrected chi connectivity index (χ4v) is 2.94. The van der Waals surface area contributed by atoms with E-state index >= 15 is 0 Å². The number of hydrogen-bond acceptors (Lipinski definition) is 6. The first-order chi connectivity index (χ1) is 9.67. The number of carbonyl (C=O) groups excluding carboxylic acids is 1. The maximum Gasteiger partial charge on any atom is 0.264 e. The van der Waals surface area contributed by atoms with Crippen LogP contribution in [0, 0.1) is 5.82 Å². The van der Waals surface area contributed by atoms with Crippen molar-refractivity contribution in [3.8, 4) is 5.75 Å². The Morgan fingerprint density at radius 2 is 2.15 bits per heavy atom. The maximum atomic E-state index is 12.7. The first kappa shape index (κ1) is 14.7. The van der Waals surface area contributed by atoms with Crippen molar-refractivity contribution in [2.75, 3.05) is 17.7 Å². The third kappa shape index (κ3) is 4.46. The van der Waals surface area contributed by atoms with Crippen molar-refractivity contribution in [1.82, 2.24) is 10.2 Å². The largest absolute Gasteiger partial charge is 0.484 e. The van der Waals surface area contributed by atoms with Crippen molar-refractivity contribution < 1.29 is 13.9 Å². The number of benzene rings is 1. The van der Waals surface area contributed by atoms with Crippen LogP contribution in [0.4, 0.5) is 9.52 Å². The van der Waals surface area contributed by atoms with Gasteiger partial charge in [-0.3, -0.25) is 10.1 Å². The molecule has 5 nitrogen and oxygen atoms in total. The number of nitrogens with one attached hydrogen (secondary N) is 1. The summed E-state index contributed by atoms with van der Waals surface area (Å²) in [6.45, 7) is 1.85. The van der Waals surface area contributed by atoms with Gasteiger partial charge in [0.2, 0.25) is 5.13 Å². The highest BCUT2D eigenvalue weighted by Crippen LogP contribution is 2.24. The maximum absolute atomic E-state index is 12.7. The zero-order valence-electron chi connectivity index (χ0n) is 10.6. The molecular weight excluding hydrogens is 301 g/mol. The lowest BCUT2D eigenvalue weighted by molar-refractivity contribution is -0.118. The summed E-state index contributed by atoms with van der Waals surface area (Å²) < 4.78 is 18.7. The Balaban J connectivity index is 1.81. The van der Waals surface area contributed by atoms with Crippen LogP contribution in [-0.2, 0) is 4.79 Å². The molecular formula is C12H12FN3O2S2. The highest BCUT2D eigenvalue weighted by atomic mass is 32.2. The molecule has 0 spiro atoms. The number of halogens is 1. The van der Waals surface area contributed by atoms with E-state index in [0.29, 0.717) is 10.9 Å². The van der Waals surface area contributed by atoms with Crippen LogP contribution in [0.2, 0.25) is 0 Å². The third-order valence-corrected chi connectivity index (χ3v) is 3.96. The first-order valence-electron chi connectivity index (χ1n) is 5.82. The van der Waals surface area contributed by atoms with Gasteiger partial charge in [0.15, 0.2) is 10.9 Å². The monoisotopic (exact) mass is 313 g/mol. The number of nitrogens with zero attached hydrogens (tertiary/aromatic N) is 2.